The smallest absolute Gasteiger partial charge is 0.410 e. The molecule has 0 radical (unpaired) electrons. The van der Waals surface area contributed by atoms with Crippen molar-refractivity contribution in [1.82, 2.24) is 4.90 Å². The number of likely N-dealkylation sites (tertiary alicyclic amines) is 1. The summed E-state index contributed by atoms with van der Waals surface area (Å²) in [5.41, 5.74) is -0.811. The van der Waals surface area contributed by atoms with E-state index in [1.54, 1.807) is 28.4 Å². The van der Waals surface area contributed by atoms with Gasteiger partial charge < -0.3 is 9.64 Å². The number of benzene rings is 1. The highest BCUT2D eigenvalue weighted by molar-refractivity contribution is 7.99. The first-order valence-electron chi connectivity index (χ1n) is 8.93. The number of ether oxygens (including phenoxy) is 1. The molecule has 4 nitrogen and oxygen atoms in total. The third-order valence-corrected chi connectivity index (χ3v) is 6.28. The van der Waals surface area contributed by atoms with Crippen LogP contribution in [-0.4, -0.2) is 41.7 Å². The van der Waals surface area contributed by atoms with Gasteiger partial charge in [-0.2, -0.15) is 5.26 Å². The van der Waals surface area contributed by atoms with Crippen molar-refractivity contribution in [3.05, 3.63) is 24.3 Å². The van der Waals surface area contributed by atoms with Gasteiger partial charge in [0.25, 0.3) is 0 Å². The summed E-state index contributed by atoms with van der Waals surface area (Å²) in [6.07, 6.45) is 4.08. The minimum atomic E-state index is -0.483. The first-order valence-corrected chi connectivity index (χ1v) is 11.1. The number of nitrogens with zero attached hydrogens (tertiary/aromatic N) is 2. The van der Waals surface area contributed by atoms with Crippen molar-refractivity contribution < 1.29 is 9.53 Å². The minimum Gasteiger partial charge on any atom is -0.444 e. The van der Waals surface area contributed by atoms with Crippen molar-refractivity contribution in [3.8, 4) is 6.07 Å². The molecule has 0 spiro atoms. The molecule has 1 fully saturated rings. The van der Waals surface area contributed by atoms with Gasteiger partial charge in [0.2, 0.25) is 0 Å². The molecule has 0 unspecified atom stereocenters. The molecular weight excluding hydrogens is 364 g/mol. The lowest BCUT2D eigenvalue weighted by Gasteiger charge is -2.37. The Morgan fingerprint density at radius 2 is 1.81 bits per heavy atom. The fraction of sp³-hybridized carbons (Fsp3) is 0.600. The van der Waals surface area contributed by atoms with Crippen molar-refractivity contribution in [1.29, 1.82) is 5.26 Å². The van der Waals surface area contributed by atoms with Crippen LogP contribution in [0.25, 0.3) is 0 Å². The molecule has 0 N–H and O–H groups in total. The number of amides is 1. The molecule has 0 saturated carbocycles. The topological polar surface area (TPSA) is 53.3 Å². The van der Waals surface area contributed by atoms with Crippen molar-refractivity contribution in [2.45, 2.75) is 55.4 Å². The summed E-state index contributed by atoms with van der Waals surface area (Å²) in [6, 6.07) is 11.1. The third kappa shape index (κ3) is 6.14. The van der Waals surface area contributed by atoms with E-state index in [2.05, 4.69) is 36.6 Å². The first-order chi connectivity index (χ1) is 12.3. The minimum absolute atomic E-state index is 0.271. The van der Waals surface area contributed by atoms with Crippen LogP contribution in [0.3, 0.4) is 0 Å². The Hall–Kier alpha value is -1.32. The van der Waals surface area contributed by atoms with Gasteiger partial charge in [0.1, 0.15) is 5.60 Å². The average Bonchev–Trinajstić information content (AvgIpc) is 2.61. The monoisotopic (exact) mass is 392 g/mol. The van der Waals surface area contributed by atoms with Gasteiger partial charge in [-0.3, -0.25) is 0 Å². The van der Waals surface area contributed by atoms with Gasteiger partial charge in [-0.25, -0.2) is 4.79 Å². The molecule has 1 saturated heterocycles. The molecule has 1 heterocycles. The van der Waals surface area contributed by atoms with Crippen LogP contribution < -0.4 is 0 Å². The lowest BCUT2D eigenvalue weighted by Crippen LogP contribution is -2.45. The van der Waals surface area contributed by atoms with Crippen molar-refractivity contribution in [2.75, 3.05) is 25.1 Å². The van der Waals surface area contributed by atoms with E-state index in [-0.39, 0.29) is 11.5 Å². The third-order valence-electron chi connectivity index (χ3n) is 4.52. The van der Waals surface area contributed by atoms with Crippen molar-refractivity contribution in [2.24, 2.45) is 5.41 Å². The van der Waals surface area contributed by atoms with Crippen LogP contribution in [-0.2, 0) is 4.74 Å². The van der Waals surface area contributed by atoms with E-state index in [9.17, 15) is 10.1 Å². The Bertz CT molecular complexity index is 639. The van der Waals surface area contributed by atoms with E-state index >= 15 is 0 Å². The van der Waals surface area contributed by atoms with Crippen LogP contribution >= 0.6 is 23.5 Å². The van der Waals surface area contributed by atoms with Crippen LogP contribution in [0.2, 0.25) is 0 Å². The number of piperidine rings is 1. The first kappa shape index (κ1) is 21.0. The van der Waals surface area contributed by atoms with Crippen LogP contribution in [0.15, 0.2) is 34.1 Å². The average molecular weight is 393 g/mol. The van der Waals surface area contributed by atoms with Gasteiger partial charge >= 0.3 is 6.09 Å². The zero-order valence-electron chi connectivity index (χ0n) is 16.1. The molecule has 1 aliphatic rings. The van der Waals surface area contributed by atoms with Crippen LogP contribution in [0.1, 0.15) is 40.0 Å². The standard InChI is InChI=1S/C20H28N2O2S2/c1-19(2,3)24-18(23)22-12-9-20(15-21,10-13-22)11-14-26-17-7-5-16(25-4)6-8-17/h5-8H,9-14H2,1-4H3. The highest BCUT2D eigenvalue weighted by Crippen LogP contribution is 2.37. The fourth-order valence-electron chi connectivity index (χ4n) is 2.90. The number of thioether (sulfide) groups is 2. The SMILES string of the molecule is CSc1ccc(SCCC2(C#N)CCN(C(=O)OC(C)(C)C)CC2)cc1. The maximum atomic E-state index is 12.2. The summed E-state index contributed by atoms with van der Waals surface area (Å²) in [4.78, 5) is 16.4. The molecule has 2 rings (SSSR count). The summed E-state index contributed by atoms with van der Waals surface area (Å²) in [5, 5.41) is 9.72. The number of carbonyl (C=O) groups excluding carboxylic acids is 1. The Kier molecular flexibility index (Phi) is 7.31. The van der Waals surface area contributed by atoms with Crippen LogP contribution in [0.4, 0.5) is 4.79 Å². The van der Waals surface area contributed by atoms with E-state index in [0.29, 0.717) is 25.9 Å². The molecule has 6 heteroatoms. The molecule has 142 valence electrons. The van der Waals surface area contributed by atoms with E-state index in [4.69, 9.17) is 4.74 Å². The molecule has 0 bridgehead atoms. The Morgan fingerprint density at radius 3 is 2.31 bits per heavy atom. The maximum Gasteiger partial charge on any atom is 0.410 e. The predicted molar refractivity (Wildman–Crippen MR) is 109 cm³/mol. The molecule has 26 heavy (non-hydrogen) atoms. The van der Waals surface area contributed by atoms with Gasteiger partial charge in [0, 0.05) is 22.9 Å². The fourth-order valence-corrected chi connectivity index (χ4v) is 4.36. The van der Waals surface area contributed by atoms with Gasteiger partial charge in [0.15, 0.2) is 0 Å². The molecule has 0 aliphatic carbocycles. The van der Waals surface area contributed by atoms with E-state index < -0.39 is 5.60 Å². The molecular formula is C20H28N2O2S2. The van der Waals surface area contributed by atoms with Crippen LogP contribution in [0, 0.1) is 16.7 Å². The van der Waals surface area contributed by atoms with Gasteiger partial charge in [0.05, 0.1) is 11.5 Å². The molecule has 0 atom stereocenters. The summed E-state index contributed by atoms with van der Waals surface area (Å²) in [7, 11) is 0. The van der Waals surface area contributed by atoms with E-state index in [0.717, 1.165) is 12.2 Å². The predicted octanol–water partition coefficient (Wildman–Crippen LogP) is 5.43. The Labute approximate surface area is 165 Å². The summed E-state index contributed by atoms with van der Waals surface area (Å²) in [5.74, 6) is 0.915. The zero-order chi connectivity index (χ0) is 19.2. The summed E-state index contributed by atoms with van der Waals surface area (Å²) in [6.45, 7) is 6.80. The van der Waals surface area contributed by atoms with Crippen molar-refractivity contribution >= 4 is 29.6 Å². The van der Waals surface area contributed by atoms with Gasteiger partial charge in [-0.05, 0) is 76.3 Å². The summed E-state index contributed by atoms with van der Waals surface area (Å²) >= 11 is 3.53. The zero-order valence-corrected chi connectivity index (χ0v) is 17.7. The lowest BCUT2D eigenvalue weighted by molar-refractivity contribution is 0.0146. The van der Waals surface area contributed by atoms with Crippen molar-refractivity contribution in [3.63, 3.8) is 0 Å². The largest absolute Gasteiger partial charge is 0.444 e. The Balaban J connectivity index is 1.83. The second kappa shape index (κ2) is 9.05. The van der Waals surface area contributed by atoms with Crippen LogP contribution in [0.5, 0.6) is 0 Å². The second-order valence-electron chi connectivity index (χ2n) is 7.63. The number of hydrogen-bond acceptors (Lipinski definition) is 5. The van der Waals surface area contributed by atoms with E-state index in [1.165, 1.54) is 9.79 Å². The number of rotatable bonds is 5. The normalized spacial score (nSPS) is 16.8. The lowest BCUT2D eigenvalue weighted by atomic mass is 9.77. The van der Waals surface area contributed by atoms with Gasteiger partial charge in [-0.1, -0.05) is 0 Å². The number of nitriles is 1. The second-order valence-corrected chi connectivity index (χ2v) is 9.68. The molecule has 1 aliphatic heterocycles. The molecule has 1 aromatic rings. The molecule has 0 aromatic heterocycles. The van der Waals surface area contributed by atoms with Gasteiger partial charge in [-0.15, -0.1) is 23.5 Å². The molecule has 1 aromatic carbocycles. The summed E-state index contributed by atoms with van der Waals surface area (Å²) < 4.78 is 5.44. The maximum absolute atomic E-state index is 12.2. The number of hydrogen-bond donors (Lipinski definition) is 0. The van der Waals surface area contributed by atoms with E-state index in [1.807, 2.05) is 20.8 Å². The molecule has 1 amide bonds. The highest BCUT2D eigenvalue weighted by Gasteiger charge is 2.37. The highest BCUT2D eigenvalue weighted by atomic mass is 32.2. The number of carbonyl (C=O) groups is 1. The quantitative estimate of drug-likeness (QED) is 0.625. The Morgan fingerprint density at radius 1 is 1.23 bits per heavy atom.